The molecule has 0 unspecified atom stereocenters. The molecule has 72 valence electrons. The van der Waals surface area contributed by atoms with E-state index in [2.05, 4.69) is 9.97 Å². The molecule has 2 N–H and O–H groups in total. The number of nitrogen functional groups attached to an aromatic ring is 1. The van der Waals surface area contributed by atoms with Gasteiger partial charge in [0.2, 0.25) is 0 Å². The van der Waals surface area contributed by atoms with Crippen molar-refractivity contribution in [2.45, 2.75) is 0 Å². The molecule has 0 fully saturated rings. The van der Waals surface area contributed by atoms with Crippen LogP contribution in [-0.4, -0.2) is 17.1 Å². The monoisotopic (exact) mass is 191 g/mol. The van der Waals surface area contributed by atoms with E-state index in [0.29, 0.717) is 17.3 Å². The lowest BCUT2D eigenvalue weighted by atomic mass is 10.2. The molecular formula is C9H9N3O2. The second-order valence-corrected chi connectivity index (χ2v) is 2.65. The minimum atomic E-state index is 0.318. The third kappa shape index (κ3) is 1.28. The number of nitrogens with two attached hydrogens (primary N) is 1. The highest BCUT2D eigenvalue weighted by atomic mass is 16.5. The van der Waals surface area contributed by atoms with Crippen molar-refractivity contribution in [1.29, 1.82) is 0 Å². The SMILES string of the molecule is COc1c(N)ncnc1-c1ccoc1. The number of anilines is 1. The smallest absolute Gasteiger partial charge is 0.187 e. The molecule has 2 aromatic heterocycles. The van der Waals surface area contributed by atoms with Gasteiger partial charge in [0.25, 0.3) is 0 Å². The highest BCUT2D eigenvalue weighted by Gasteiger charge is 2.11. The molecule has 14 heavy (non-hydrogen) atoms. The van der Waals surface area contributed by atoms with Crippen LogP contribution in [0.1, 0.15) is 0 Å². The quantitative estimate of drug-likeness (QED) is 0.775. The number of hydrogen-bond acceptors (Lipinski definition) is 5. The standard InChI is InChI=1S/C9H9N3O2/c1-13-8-7(6-2-3-14-4-6)11-5-12-9(8)10/h2-5H,1H3,(H2,10,11,12). The minimum absolute atomic E-state index is 0.318. The molecule has 2 aromatic rings. The molecule has 0 atom stereocenters. The van der Waals surface area contributed by atoms with Crippen LogP contribution in [0.2, 0.25) is 0 Å². The van der Waals surface area contributed by atoms with Crippen molar-refractivity contribution >= 4 is 5.82 Å². The molecule has 0 spiro atoms. The van der Waals surface area contributed by atoms with Gasteiger partial charge in [0.1, 0.15) is 12.0 Å². The molecule has 2 heterocycles. The molecule has 0 aromatic carbocycles. The molecule has 5 nitrogen and oxygen atoms in total. The molecule has 0 amide bonds. The maximum atomic E-state index is 5.63. The number of hydrogen-bond donors (Lipinski definition) is 1. The normalized spacial score (nSPS) is 10.1. The van der Waals surface area contributed by atoms with Crippen molar-refractivity contribution in [2.75, 3.05) is 12.8 Å². The second kappa shape index (κ2) is 3.37. The van der Waals surface area contributed by atoms with Crippen LogP contribution < -0.4 is 10.5 Å². The Kier molecular flexibility index (Phi) is 2.06. The van der Waals surface area contributed by atoms with Crippen molar-refractivity contribution in [2.24, 2.45) is 0 Å². The van der Waals surface area contributed by atoms with Crippen molar-refractivity contribution in [3.8, 4) is 17.0 Å². The predicted molar refractivity (Wildman–Crippen MR) is 50.7 cm³/mol. The van der Waals surface area contributed by atoms with Crippen LogP contribution in [0.15, 0.2) is 29.3 Å². The van der Waals surface area contributed by atoms with Crippen LogP contribution in [0.4, 0.5) is 5.82 Å². The van der Waals surface area contributed by atoms with Gasteiger partial charge in [-0.15, -0.1) is 0 Å². The summed E-state index contributed by atoms with van der Waals surface area (Å²) in [5.74, 6) is 0.785. The lowest BCUT2D eigenvalue weighted by Crippen LogP contribution is -1.99. The van der Waals surface area contributed by atoms with Gasteiger partial charge in [-0.3, -0.25) is 0 Å². The van der Waals surface area contributed by atoms with Gasteiger partial charge in [0, 0.05) is 5.56 Å². The van der Waals surface area contributed by atoms with Gasteiger partial charge in [-0.1, -0.05) is 0 Å². The fourth-order valence-electron chi connectivity index (χ4n) is 1.19. The number of rotatable bonds is 2. The first-order valence-electron chi connectivity index (χ1n) is 4.00. The van der Waals surface area contributed by atoms with Crippen LogP contribution in [-0.2, 0) is 0 Å². The van der Waals surface area contributed by atoms with Gasteiger partial charge >= 0.3 is 0 Å². The summed E-state index contributed by atoms with van der Waals surface area (Å²) < 4.78 is 10.1. The summed E-state index contributed by atoms with van der Waals surface area (Å²) in [7, 11) is 1.53. The fraction of sp³-hybridized carbons (Fsp3) is 0.111. The van der Waals surface area contributed by atoms with Gasteiger partial charge in [0.05, 0.1) is 19.6 Å². The molecule has 2 rings (SSSR count). The summed E-state index contributed by atoms with van der Waals surface area (Å²) in [5.41, 5.74) is 7.08. The van der Waals surface area contributed by atoms with E-state index in [4.69, 9.17) is 14.9 Å². The summed E-state index contributed by atoms with van der Waals surface area (Å²) in [6.45, 7) is 0. The zero-order chi connectivity index (χ0) is 9.97. The highest BCUT2D eigenvalue weighted by molar-refractivity contribution is 5.70. The maximum absolute atomic E-state index is 5.63. The molecule has 0 bridgehead atoms. The first kappa shape index (κ1) is 8.55. The van der Waals surface area contributed by atoms with E-state index in [-0.39, 0.29) is 0 Å². The number of ether oxygens (including phenoxy) is 1. The molecule has 0 aliphatic rings. The topological polar surface area (TPSA) is 74.2 Å². The number of methoxy groups -OCH3 is 1. The fourth-order valence-corrected chi connectivity index (χ4v) is 1.19. The van der Waals surface area contributed by atoms with E-state index in [1.165, 1.54) is 13.4 Å². The van der Waals surface area contributed by atoms with Crippen molar-refractivity contribution in [1.82, 2.24) is 9.97 Å². The van der Waals surface area contributed by atoms with E-state index < -0.39 is 0 Å². The van der Waals surface area contributed by atoms with Crippen LogP contribution in [0, 0.1) is 0 Å². The summed E-state index contributed by atoms with van der Waals surface area (Å²) in [5, 5.41) is 0. The lowest BCUT2D eigenvalue weighted by Gasteiger charge is -2.06. The van der Waals surface area contributed by atoms with Gasteiger partial charge in [-0.05, 0) is 6.07 Å². The Balaban J connectivity index is 2.58. The maximum Gasteiger partial charge on any atom is 0.187 e. The van der Waals surface area contributed by atoms with E-state index in [9.17, 15) is 0 Å². The van der Waals surface area contributed by atoms with Crippen molar-refractivity contribution < 1.29 is 9.15 Å². The van der Waals surface area contributed by atoms with Gasteiger partial charge < -0.3 is 14.9 Å². The Bertz CT molecular complexity index is 426. The van der Waals surface area contributed by atoms with Crippen molar-refractivity contribution in [3.63, 3.8) is 0 Å². The minimum Gasteiger partial charge on any atom is -0.491 e. The summed E-state index contributed by atoms with van der Waals surface area (Å²) in [6.07, 6.45) is 4.53. The summed E-state index contributed by atoms with van der Waals surface area (Å²) in [6, 6.07) is 1.78. The first-order chi connectivity index (χ1) is 6.83. The Morgan fingerprint density at radius 3 is 2.93 bits per heavy atom. The third-order valence-electron chi connectivity index (χ3n) is 1.83. The lowest BCUT2D eigenvalue weighted by molar-refractivity contribution is 0.415. The average Bonchev–Trinajstić information content (AvgIpc) is 2.70. The summed E-state index contributed by atoms with van der Waals surface area (Å²) in [4.78, 5) is 7.91. The molecule has 5 heteroatoms. The van der Waals surface area contributed by atoms with Crippen LogP contribution in [0.5, 0.6) is 5.75 Å². The average molecular weight is 191 g/mol. The Morgan fingerprint density at radius 2 is 2.29 bits per heavy atom. The molecular weight excluding hydrogens is 182 g/mol. The Morgan fingerprint density at radius 1 is 1.43 bits per heavy atom. The molecule has 0 radical (unpaired) electrons. The molecule has 0 aliphatic heterocycles. The molecule has 0 saturated carbocycles. The van der Waals surface area contributed by atoms with Crippen LogP contribution >= 0.6 is 0 Å². The first-order valence-corrected chi connectivity index (χ1v) is 4.00. The number of aromatic nitrogens is 2. The van der Waals surface area contributed by atoms with Crippen LogP contribution in [0.25, 0.3) is 11.3 Å². The van der Waals surface area contributed by atoms with E-state index >= 15 is 0 Å². The zero-order valence-electron chi connectivity index (χ0n) is 7.60. The van der Waals surface area contributed by atoms with E-state index in [1.807, 2.05) is 0 Å². The third-order valence-corrected chi connectivity index (χ3v) is 1.83. The Hall–Kier alpha value is -2.04. The molecule has 0 aliphatic carbocycles. The highest BCUT2D eigenvalue weighted by Crippen LogP contribution is 2.30. The Labute approximate surface area is 80.5 Å². The van der Waals surface area contributed by atoms with Crippen molar-refractivity contribution in [3.05, 3.63) is 24.9 Å². The predicted octanol–water partition coefficient (Wildman–Crippen LogP) is 1.33. The van der Waals surface area contributed by atoms with E-state index in [1.54, 1.807) is 18.6 Å². The zero-order valence-corrected chi connectivity index (χ0v) is 7.60. The second-order valence-electron chi connectivity index (χ2n) is 2.65. The van der Waals surface area contributed by atoms with Gasteiger partial charge in [-0.25, -0.2) is 9.97 Å². The van der Waals surface area contributed by atoms with Gasteiger partial charge in [-0.2, -0.15) is 0 Å². The van der Waals surface area contributed by atoms with Crippen LogP contribution in [0.3, 0.4) is 0 Å². The largest absolute Gasteiger partial charge is 0.491 e. The molecule has 0 saturated heterocycles. The van der Waals surface area contributed by atoms with Gasteiger partial charge in [0.15, 0.2) is 11.6 Å². The summed E-state index contributed by atoms with van der Waals surface area (Å²) >= 11 is 0. The number of furan rings is 1. The number of nitrogens with zero attached hydrogens (tertiary/aromatic N) is 2. The van der Waals surface area contributed by atoms with E-state index in [0.717, 1.165) is 5.56 Å².